The van der Waals surface area contributed by atoms with E-state index in [9.17, 15) is 0 Å². The summed E-state index contributed by atoms with van der Waals surface area (Å²) in [4.78, 5) is 12.7. The first kappa shape index (κ1) is 27.4. The van der Waals surface area contributed by atoms with Gasteiger partial charge in [0.15, 0.2) is 0 Å². The van der Waals surface area contributed by atoms with E-state index in [1.54, 1.807) is 30.7 Å². The van der Waals surface area contributed by atoms with E-state index in [0.29, 0.717) is 23.1 Å². The van der Waals surface area contributed by atoms with E-state index in [0.717, 1.165) is 22.5 Å². The molecule has 0 radical (unpaired) electrons. The van der Waals surface area contributed by atoms with Gasteiger partial charge in [-0.15, -0.1) is 71.8 Å². The molecule has 39 heavy (non-hydrogen) atoms. The molecule has 0 aliphatic heterocycles. The molecule has 3 aromatic carbocycles. The fourth-order valence-electron chi connectivity index (χ4n) is 3.44. The molecule has 0 spiro atoms. The smallest absolute Gasteiger partial charge is 0.503 e. The molecule has 0 aliphatic carbocycles. The molecule has 0 unspecified atom stereocenters. The molecule has 0 saturated carbocycles. The van der Waals surface area contributed by atoms with Crippen molar-refractivity contribution in [1.82, 2.24) is 15.0 Å². The molecule has 0 saturated heterocycles. The van der Waals surface area contributed by atoms with E-state index in [-0.39, 0.29) is 20.1 Å². The first-order valence-corrected chi connectivity index (χ1v) is 11.9. The van der Waals surface area contributed by atoms with E-state index in [1.165, 1.54) is 0 Å². The Morgan fingerprint density at radius 2 is 1.03 bits per heavy atom. The number of aromatic nitrogens is 3. The van der Waals surface area contributed by atoms with Gasteiger partial charge in [0.05, 0.1) is 0 Å². The quantitative estimate of drug-likeness (QED) is 0.167. The molecule has 0 bridgehead atoms. The van der Waals surface area contributed by atoms with Crippen molar-refractivity contribution in [2.45, 2.75) is 0 Å². The minimum atomic E-state index is 0. The van der Waals surface area contributed by atoms with Gasteiger partial charge in [0, 0.05) is 41.9 Å². The van der Waals surface area contributed by atoms with Gasteiger partial charge in [0.25, 0.3) is 0 Å². The zero-order valence-corrected chi connectivity index (χ0v) is 23.1. The molecule has 0 N–H and O–H groups in total. The van der Waals surface area contributed by atoms with Crippen LogP contribution in [0.3, 0.4) is 0 Å². The summed E-state index contributed by atoms with van der Waals surface area (Å²) < 4.78 is 11.6. The average molecular weight is 685 g/mol. The Morgan fingerprint density at radius 3 is 1.64 bits per heavy atom. The molecular formula is C33H22IrN3O2. The van der Waals surface area contributed by atoms with Crippen molar-refractivity contribution in [3.05, 3.63) is 152 Å². The van der Waals surface area contributed by atoms with Gasteiger partial charge < -0.3 is 19.4 Å². The van der Waals surface area contributed by atoms with Crippen LogP contribution in [0, 0.1) is 18.2 Å². The molecule has 6 rings (SSSR count). The number of benzene rings is 3. The predicted molar refractivity (Wildman–Crippen MR) is 147 cm³/mol. The largest absolute Gasteiger partial charge is 3.00 e. The normalized spacial score (nSPS) is 9.85. The number of pyridine rings is 3. The van der Waals surface area contributed by atoms with Crippen LogP contribution in [0.4, 0.5) is 0 Å². The number of nitrogens with zero attached hydrogens (tertiary/aromatic N) is 3. The van der Waals surface area contributed by atoms with E-state index >= 15 is 0 Å². The van der Waals surface area contributed by atoms with Gasteiger partial charge in [-0.05, 0) is 29.6 Å². The third-order valence-corrected chi connectivity index (χ3v) is 5.17. The maximum atomic E-state index is 5.88. The van der Waals surface area contributed by atoms with Crippen molar-refractivity contribution < 1.29 is 29.6 Å². The van der Waals surface area contributed by atoms with E-state index < -0.39 is 0 Å². The van der Waals surface area contributed by atoms with Crippen molar-refractivity contribution in [2.75, 3.05) is 0 Å². The molecule has 3 aromatic heterocycles. The monoisotopic (exact) mass is 685 g/mol. The third kappa shape index (κ3) is 8.17. The van der Waals surface area contributed by atoms with E-state index in [2.05, 4.69) is 33.2 Å². The first-order valence-electron chi connectivity index (χ1n) is 11.9. The molecule has 6 aromatic rings. The molecule has 3 heterocycles. The maximum absolute atomic E-state index is 5.88. The first-order chi connectivity index (χ1) is 18.8. The van der Waals surface area contributed by atoms with Gasteiger partial charge in [-0.25, -0.2) is 4.98 Å². The van der Waals surface area contributed by atoms with Crippen LogP contribution in [0.25, 0.3) is 22.5 Å². The Bertz CT molecular complexity index is 1510. The third-order valence-electron chi connectivity index (χ3n) is 5.17. The van der Waals surface area contributed by atoms with Crippen LogP contribution in [0.1, 0.15) is 0 Å². The molecule has 190 valence electrons. The van der Waals surface area contributed by atoms with Crippen LogP contribution in [0.15, 0.2) is 134 Å². The van der Waals surface area contributed by atoms with Crippen molar-refractivity contribution in [2.24, 2.45) is 0 Å². The zero-order chi connectivity index (χ0) is 25.8. The van der Waals surface area contributed by atoms with Gasteiger partial charge in [-0.1, -0.05) is 42.5 Å². The average Bonchev–Trinajstić information content (AvgIpc) is 3.00. The van der Waals surface area contributed by atoms with Crippen molar-refractivity contribution in [3.8, 4) is 45.6 Å². The van der Waals surface area contributed by atoms with Crippen LogP contribution in [0.2, 0.25) is 0 Å². The summed E-state index contributed by atoms with van der Waals surface area (Å²) in [6.07, 6.45) is 5.22. The Hall–Kier alpha value is -4.64. The van der Waals surface area contributed by atoms with Crippen molar-refractivity contribution in [1.29, 1.82) is 0 Å². The summed E-state index contributed by atoms with van der Waals surface area (Å²) in [6, 6.07) is 45.5. The van der Waals surface area contributed by atoms with Crippen LogP contribution < -0.4 is 9.47 Å². The summed E-state index contributed by atoms with van der Waals surface area (Å²) >= 11 is 0. The molecular weight excluding hydrogens is 663 g/mol. The fraction of sp³-hybridized carbons (Fsp3) is 0. The standard InChI is InChI=1S/C22H14N2O2.C11H8N.Ir/c1-3-13-23-21(11-1)17-7-5-8-18(15-17)25-19-9-6-10-20(16-19)26-22-12-2-4-14-24-22;1-2-6-10(7-3-1)11-8-4-5-9-12-11;/h1-14H;1-6,8-9H;/q-2;-1;+3. The summed E-state index contributed by atoms with van der Waals surface area (Å²) in [6.45, 7) is 0. The molecule has 0 aliphatic rings. The van der Waals surface area contributed by atoms with E-state index in [4.69, 9.17) is 9.47 Å². The maximum Gasteiger partial charge on any atom is 3.00 e. The summed E-state index contributed by atoms with van der Waals surface area (Å²) in [5.74, 6) is 2.15. The molecule has 0 amide bonds. The number of hydrogen-bond acceptors (Lipinski definition) is 5. The Morgan fingerprint density at radius 1 is 0.462 bits per heavy atom. The van der Waals surface area contributed by atoms with Crippen LogP contribution in [-0.2, 0) is 20.1 Å². The van der Waals surface area contributed by atoms with Crippen LogP contribution in [-0.4, -0.2) is 15.0 Å². The van der Waals surface area contributed by atoms with Crippen molar-refractivity contribution in [3.63, 3.8) is 0 Å². The van der Waals surface area contributed by atoms with Gasteiger partial charge in [0.1, 0.15) is 0 Å². The second-order valence-corrected chi connectivity index (χ2v) is 7.89. The topological polar surface area (TPSA) is 57.1 Å². The minimum absolute atomic E-state index is 0. The van der Waals surface area contributed by atoms with E-state index in [1.807, 2.05) is 103 Å². The molecule has 6 heteroatoms. The summed E-state index contributed by atoms with van der Waals surface area (Å²) in [7, 11) is 0. The Labute approximate surface area is 241 Å². The number of rotatable bonds is 6. The number of ether oxygens (including phenoxy) is 2. The molecule has 0 atom stereocenters. The molecule has 0 fully saturated rings. The SMILES string of the molecule is [Ir+3].[c-]1c(Oc2[c-]c(-c3ccccn3)ccc2)cccc1Oc1ccccn1.[c-]1ccccc1-c1ccccn1. The Balaban J connectivity index is 0.000000228. The minimum Gasteiger partial charge on any atom is -0.503 e. The van der Waals surface area contributed by atoms with Gasteiger partial charge in [0.2, 0.25) is 5.88 Å². The number of hydrogen-bond donors (Lipinski definition) is 0. The van der Waals surface area contributed by atoms with Gasteiger partial charge in [-0.3, -0.25) is 0 Å². The second kappa shape index (κ2) is 14.3. The summed E-state index contributed by atoms with van der Waals surface area (Å²) in [5, 5.41) is 0. The molecule has 5 nitrogen and oxygen atoms in total. The fourth-order valence-corrected chi connectivity index (χ4v) is 3.44. The zero-order valence-electron chi connectivity index (χ0n) is 20.7. The van der Waals surface area contributed by atoms with Gasteiger partial charge in [-0.2, -0.15) is 6.07 Å². The van der Waals surface area contributed by atoms with Crippen LogP contribution in [0.5, 0.6) is 23.1 Å². The second-order valence-electron chi connectivity index (χ2n) is 7.89. The van der Waals surface area contributed by atoms with Gasteiger partial charge >= 0.3 is 20.1 Å². The Kier molecular flexibility index (Phi) is 10.1. The summed E-state index contributed by atoms with van der Waals surface area (Å²) in [5.41, 5.74) is 3.72. The predicted octanol–water partition coefficient (Wildman–Crippen LogP) is 7.87. The van der Waals surface area contributed by atoms with Crippen LogP contribution >= 0.6 is 0 Å². The van der Waals surface area contributed by atoms with Crippen molar-refractivity contribution >= 4 is 0 Å².